The fourth-order valence-electron chi connectivity index (χ4n) is 2.96. The molecule has 2 aromatic carbocycles. The fraction of sp³-hybridized carbons (Fsp3) is 0.167. The van der Waals surface area contributed by atoms with E-state index in [1.807, 2.05) is 78.9 Å². The van der Waals surface area contributed by atoms with Gasteiger partial charge in [-0.1, -0.05) is 36.4 Å². The molecule has 0 N–H and O–H groups in total. The SMILES string of the molecule is COc1cccc(/C=C/c2cc(/C=C/c3cccc(OC)c3)[n+](C)c(=O)n2C)c1.[Cl-]. The molecule has 0 spiro atoms. The Hall–Kier alpha value is -3.31. The Balaban J connectivity index is 0.00000320. The molecule has 1 heterocycles. The zero-order chi connectivity index (χ0) is 20.8. The molecule has 0 amide bonds. The molecule has 0 aliphatic heterocycles. The van der Waals surface area contributed by atoms with Crippen LogP contribution in [0.25, 0.3) is 24.3 Å². The normalized spacial score (nSPS) is 10.9. The van der Waals surface area contributed by atoms with Gasteiger partial charge >= 0.3 is 5.69 Å². The van der Waals surface area contributed by atoms with Crippen molar-refractivity contribution in [3.05, 3.63) is 87.6 Å². The summed E-state index contributed by atoms with van der Waals surface area (Å²) in [5.41, 5.74) is 3.52. The van der Waals surface area contributed by atoms with Crippen LogP contribution in [-0.2, 0) is 14.1 Å². The molecule has 3 rings (SSSR count). The second-order valence-electron chi connectivity index (χ2n) is 6.61. The van der Waals surface area contributed by atoms with Crippen LogP contribution < -0.4 is 32.1 Å². The Morgan fingerprint density at radius 1 is 0.833 bits per heavy atom. The van der Waals surface area contributed by atoms with E-state index in [0.717, 1.165) is 34.0 Å². The van der Waals surface area contributed by atoms with E-state index in [1.54, 1.807) is 37.4 Å². The molecule has 3 aromatic rings. The molecule has 0 radical (unpaired) electrons. The molecule has 0 saturated carbocycles. The summed E-state index contributed by atoms with van der Waals surface area (Å²) in [4.78, 5) is 12.7. The van der Waals surface area contributed by atoms with E-state index in [0.29, 0.717) is 0 Å². The van der Waals surface area contributed by atoms with Gasteiger partial charge in [-0.05, 0) is 47.5 Å². The molecule has 6 heteroatoms. The van der Waals surface area contributed by atoms with Gasteiger partial charge in [0.15, 0.2) is 0 Å². The Morgan fingerprint density at radius 2 is 1.37 bits per heavy atom. The van der Waals surface area contributed by atoms with Crippen LogP contribution in [-0.4, -0.2) is 18.8 Å². The van der Waals surface area contributed by atoms with Crippen LogP contribution in [0.4, 0.5) is 0 Å². The van der Waals surface area contributed by atoms with Crippen molar-refractivity contribution in [2.24, 2.45) is 14.1 Å². The monoisotopic (exact) mass is 424 g/mol. The summed E-state index contributed by atoms with van der Waals surface area (Å²) in [5.74, 6) is 1.59. The van der Waals surface area contributed by atoms with Gasteiger partial charge in [0.25, 0.3) is 0 Å². The van der Waals surface area contributed by atoms with Crippen molar-refractivity contribution in [3.63, 3.8) is 0 Å². The quantitative estimate of drug-likeness (QED) is 0.543. The van der Waals surface area contributed by atoms with Crippen molar-refractivity contribution >= 4 is 24.3 Å². The first-order valence-corrected chi connectivity index (χ1v) is 9.26. The van der Waals surface area contributed by atoms with Crippen LogP contribution in [0.5, 0.6) is 11.5 Å². The van der Waals surface area contributed by atoms with Gasteiger partial charge in [0, 0.05) is 6.07 Å². The van der Waals surface area contributed by atoms with Crippen LogP contribution in [0.15, 0.2) is 59.4 Å². The molecule has 0 aliphatic carbocycles. The van der Waals surface area contributed by atoms with Gasteiger partial charge in [-0.25, -0.2) is 0 Å². The number of hydrogen-bond acceptors (Lipinski definition) is 3. The smallest absolute Gasteiger partial charge is 0.498 e. The number of rotatable bonds is 6. The summed E-state index contributed by atoms with van der Waals surface area (Å²) in [6.45, 7) is 0. The third-order valence-electron chi connectivity index (χ3n) is 4.72. The Morgan fingerprint density at radius 3 is 1.90 bits per heavy atom. The molecule has 0 fully saturated rings. The summed E-state index contributed by atoms with van der Waals surface area (Å²) in [6.07, 6.45) is 7.79. The Bertz CT molecular complexity index is 1050. The average Bonchev–Trinajstić information content (AvgIpc) is 2.76. The maximum absolute atomic E-state index is 12.7. The van der Waals surface area contributed by atoms with E-state index in [-0.39, 0.29) is 18.1 Å². The lowest BCUT2D eigenvalue weighted by Gasteiger charge is -2.04. The van der Waals surface area contributed by atoms with E-state index < -0.39 is 0 Å². The number of methoxy groups -OCH3 is 2. The first kappa shape index (κ1) is 23.0. The predicted octanol–water partition coefficient (Wildman–Crippen LogP) is 0.572. The highest BCUT2D eigenvalue weighted by Crippen LogP contribution is 2.16. The van der Waals surface area contributed by atoms with Crippen molar-refractivity contribution in [1.29, 1.82) is 0 Å². The molecular formula is C24H25ClN2O3. The standard InChI is InChI=1S/C24H25N2O3.ClH/c1-25-20(13-11-18-7-5-9-22(15-18)28-3)17-21(26(2)24(25)27)14-12-19-8-6-10-23(16-19)29-4;/h5-17H,1-4H3;1H/q+1;/p-1/b13-11+,14-12+;. The predicted molar refractivity (Wildman–Crippen MR) is 117 cm³/mol. The van der Waals surface area contributed by atoms with Gasteiger partial charge < -0.3 is 21.9 Å². The van der Waals surface area contributed by atoms with Crippen molar-refractivity contribution in [2.75, 3.05) is 14.2 Å². The first-order chi connectivity index (χ1) is 14.0. The van der Waals surface area contributed by atoms with Crippen molar-refractivity contribution in [3.8, 4) is 11.5 Å². The zero-order valence-electron chi connectivity index (χ0n) is 17.5. The summed E-state index contributed by atoms with van der Waals surface area (Å²) in [7, 11) is 6.82. The number of nitrogens with zero attached hydrogens (tertiary/aromatic N) is 2. The average molecular weight is 425 g/mol. The van der Waals surface area contributed by atoms with Crippen LogP contribution in [0.1, 0.15) is 22.5 Å². The summed E-state index contributed by atoms with van der Waals surface area (Å²) >= 11 is 0. The lowest BCUT2D eigenvalue weighted by molar-refractivity contribution is -0.692. The summed E-state index contributed by atoms with van der Waals surface area (Å²) < 4.78 is 13.8. The van der Waals surface area contributed by atoms with Gasteiger partial charge in [0.2, 0.25) is 0 Å². The maximum Gasteiger partial charge on any atom is 0.498 e. The van der Waals surface area contributed by atoms with Crippen molar-refractivity contribution < 1.29 is 26.4 Å². The third-order valence-corrected chi connectivity index (χ3v) is 4.72. The van der Waals surface area contributed by atoms with Gasteiger partial charge in [-0.15, -0.1) is 0 Å². The number of benzene rings is 2. The number of hydrogen-bond donors (Lipinski definition) is 0. The topological polar surface area (TPSA) is 44.3 Å². The lowest BCUT2D eigenvalue weighted by Crippen LogP contribution is -3.00. The minimum absolute atomic E-state index is 0. The molecule has 30 heavy (non-hydrogen) atoms. The molecule has 0 aliphatic rings. The highest BCUT2D eigenvalue weighted by Gasteiger charge is 2.13. The van der Waals surface area contributed by atoms with Crippen LogP contribution in [0, 0.1) is 0 Å². The second kappa shape index (κ2) is 10.5. The van der Waals surface area contributed by atoms with Gasteiger partial charge in [0.05, 0.1) is 28.3 Å². The molecular weight excluding hydrogens is 400 g/mol. The first-order valence-electron chi connectivity index (χ1n) is 9.26. The minimum Gasteiger partial charge on any atom is -1.00 e. The van der Waals surface area contributed by atoms with Crippen molar-refractivity contribution in [2.45, 2.75) is 0 Å². The number of halogens is 1. The lowest BCUT2D eigenvalue weighted by atomic mass is 10.1. The van der Waals surface area contributed by atoms with Gasteiger partial charge in [0.1, 0.15) is 22.9 Å². The van der Waals surface area contributed by atoms with Gasteiger partial charge in [-0.2, -0.15) is 13.9 Å². The van der Waals surface area contributed by atoms with E-state index in [4.69, 9.17) is 9.47 Å². The van der Waals surface area contributed by atoms with Gasteiger partial charge in [-0.3, -0.25) is 0 Å². The second-order valence-corrected chi connectivity index (χ2v) is 6.61. The number of aromatic nitrogens is 2. The van der Waals surface area contributed by atoms with Crippen LogP contribution >= 0.6 is 0 Å². The third kappa shape index (κ3) is 5.39. The van der Waals surface area contributed by atoms with E-state index in [2.05, 4.69) is 0 Å². The minimum atomic E-state index is -0.0944. The highest BCUT2D eigenvalue weighted by molar-refractivity contribution is 5.71. The van der Waals surface area contributed by atoms with Crippen LogP contribution in [0.2, 0.25) is 0 Å². The molecule has 0 atom stereocenters. The maximum atomic E-state index is 12.7. The summed E-state index contributed by atoms with van der Waals surface area (Å²) in [6, 6.07) is 17.5. The van der Waals surface area contributed by atoms with E-state index in [1.165, 1.54) is 0 Å². The van der Waals surface area contributed by atoms with E-state index >= 15 is 0 Å². The van der Waals surface area contributed by atoms with Crippen LogP contribution in [0.3, 0.4) is 0 Å². The number of ether oxygens (including phenoxy) is 2. The molecule has 156 valence electrons. The molecule has 5 nitrogen and oxygen atoms in total. The zero-order valence-corrected chi connectivity index (χ0v) is 18.3. The van der Waals surface area contributed by atoms with Crippen molar-refractivity contribution in [1.82, 2.24) is 4.57 Å². The molecule has 0 saturated heterocycles. The molecule has 0 unspecified atom stereocenters. The summed E-state index contributed by atoms with van der Waals surface area (Å²) in [5, 5.41) is 0. The Labute approximate surface area is 182 Å². The highest BCUT2D eigenvalue weighted by atomic mass is 35.5. The molecule has 1 aromatic heterocycles. The fourth-order valence-corrected chi connectivity index (χ4v) is 2.96. The Kier molecular flexibility index (Phi) is 8.01. The van der Waals surface area contributed by atoms with E-state index in [9.17, 15) is 4.79 Å². The largest absolute Gasteiger partial charge is 1.00 e. The molecule has 0 bridgehead atoms.